The van der Waals surface area contributed by atoms with Crippen molar-refractivity contribution in [1.29, 1.82) is 0 Å². The van der Waals surface area contributed by atoms with E-state index in [9.17, 15) is 9.59 Å². The second kappa shape index (κ2) is 9.94. The molecular formula is C21H24ClN3O2S. The molecule has 1 N–H and O–H groups in total. The first-order valence-electron chi connectivity index (χ1n) is 9.35. The van der Waals surface area contributed by atoms with E-state index in [4.69, 9.17) is 11.6 Å². The molecule has 7 heteroatoms. The van der Waals surface area contributed by atoms with Gasteiger partial charge in [-0.25, -0.2) is 4.98 Å². The maximum absolute atomic E-state index is 12.6. The van der Waals surface area contributed by atoms with E-state index in [1.54, 1.807) is 18.0 Å². The normalized spacial score (nSPS) is 16.6. The Labute approximate surface area is 174 Å². The van der Waals surface area contributed by atoms with Gasteiger partial charge in [-0.2, -0.15) is 0 Å². The monoisotopic (exact) mass is 417 g/mol. The highest BCUT2D eigenvalue weighted by atomic mass is 35.5. The lowest BCUT2D eigenvalue weighted by molar-refractivity contribution is -0.132. The Morgan fingerprint density at radius 1 is 1.32 bits per heavy atom. The van der Waals surface area contributed by atoms with E-state index >= 15 is 0 Å². The van der Waals surface area contributed by atoms with Crippen LogP contribution in [0.25, 0.3) is 0 Å². The summed E-state index contributed by atoms with van der Waals surface area (Å²) in [6.07, 6.45) is 3.29. The number of benzene rings is 1. The van der Waals surface area contributed by atoms with Crippen molar-refractivity contribution in [3.05, 3.63) is 58.7 Å². The summed E-state index contributed by atoms with van der Waals surface area (Å²) in [5, 5.41) is 3.61. The van der Waals surface area contributed by atoms with Gasteiger partial charge in [0.2, 0.25) is 11.8 Å². The minimum Gasteiger partial charge on any atom is -0.341 e. The molecule has 1 fully saturated rings. The zero-order chi connectivity index (χ0) is 19.9. The summed E-state index contributed by atoms with van der Waals surface area (Å²) >= 11 is 7.57. The summed E-state index contributed by atoms with van der Waals surface area (Å²) in [5.74, 6) is 1.55. The Hall–Kier alpha value is -2.05. The summed E-state index contributed by atoms with van der Waals surface area (Å²) in [7, 11) is 0. The van der Waals surface area contributed by atoms with E-state index in [-0.39, 0.29) is 17.7 Å². The number of nitrogens with one attached hydrogen (secondary N) is 1. The van der Waals surface area contributed by atoms with E-state index < -0.39 is 0 Å². The van der Waals surface area contributed by atoms with Gasteiger partial charge in [-0.3, -0.25) is 9.59 Å². The predicted molar refractivity (Wildman–Crippen MR) is 115 cm³/mol. The number of anilines is 1. The van der Waals surface area contributed by atoms with Crippen molar-refractivity contribution in [3.63, 3.8) is 0 Å². The van der Waals surface area contributed by atoms with Crippen molar-refractivity contribution in [3.8, 4) is 0 Å². The van der Waals surface area contributed by atoms with Crippen LogP contribution < -0.4 is 5.32 Å². The summed E-state index contributed by atoms with van der Waals surface area (Å²) in [6.45, 7) is 3.09. The number of aromatic nitrogens is 1. The van der Waals surface area contributed by atoms with Gasteiger partial charge in [0.15, 0.2) is 0 Å². The topological polar surface area (TPSA) is 62.3 Å². The van der Waals surface area contributed by atoms with Crippen LogP contribution in [0.4, 0.5) is 5.82 Å². The average Bonchev–Trinajstić information content (AvgIpc) is 2.70. The van der Waals surface area contributed by atoms with Crippen LogP contribution in [0.5, 0.6) is 0 Å². The molecule has 28 heavy (non-hydrogen) atoms. The zero-order valence-corrected chi connectivity index (χ0v) is 17.4. The molecule has 2 heterocycles. The molecule has 2 amide bonds. The molecule has 0 radical (unpaired) electrons. The Balaban J connectivity index is 1.49. The summed E-state index contributed by atoms with van der Waals surface area (Å²) in [4.78, 5) is 31.2. The van der Waals surface area contributed by atoms with Gasteiger partial charge >= 0.3 is 0 Å². The van der Waals surface area contributed by atoms with Gasteiger partial charge in [-0.1, -0.05) is 29.8 Å². The second-order valence-electron chi connectivity index (χ2n) is 6.96. The molecule has 1 aliphatic rings. The van der Waals surface area contributed by atoms with E-state index in [1.165, 1.54) is 0 Å². The predicted octanol–water partition coefficient (Wildman–Crippen LogP) is 4.15. The number of halogens is 1. The van der Waals surface area contributed by atoms with E-state index in [0.717, 1.165) is 29.7 Å². The SMILES string of the molecule is Cc1cccnc1NC(=O)C1CCCN(C(=O)CSCc2cccc(Cl)c2)C1. The lowest BCUT2D eigenvalue weighted by Gasteiger charge is -2.32. The van der Waals surface area contributed by atoms with Crippen LogP contribution >= 0.6 is 23.4 Å². The van der Waals surface area contributed by atoms with Gasteiger partial charge in [0.25, 0.3) is 0 Å². The largest absolute Gasteiger partial charge is 0.341 e. The molecule has 1 aliphatic heterocycles. The van der Waals surface area contributed by atoms with Crippen molar-refractivity contribution in [2.45, 2.75) is 25.5 Å². The number of carbonyl (C=O) groups is 2. The molecule has 2 aromatic rings. The highest BCUT2D eigenvalue weighted by Gasteiger charge is 2.28. The number of nitrogens with zero attached hydrogens (tertiary/aromatic N) is 2. The fourth-order valence-corrected chi connectivity index (χ4v) is 4.31. The third kappa shape index (κ3) is 5.72. The van der Waals surface area contributed by atoms with Crippen LogP contribution in [0, 0.1) is 12.8 Å². The number of aryl methyl sites for hydroxylation is 1. The molecule has 3 rings (SSSR count). The van der Waals surface area contributed by atoms with Crippen molar-refractivity contribution in [2.24, 2.45) is 5.92 Å². The molecule has 0 aliphatic carbocycles. The number of amides is 2. The Morgan fingerprint density at radius 2 is 2.18 bits per heavy atom. The fraction of sp³-hybridized carbons (Fsp3) is 0.381. The van der Waals surface area contributed by atoms with Gasteiger partial charge in [0.1, 0.15) is 5.82 Å². The molecular weight excluding hydrogens is 394 g/mol. The standard InChI is InChI=1S/C21H24ClN3O2S/c1-15-5-3-9-23-20(15)24-21(27)17-7-4-10-25(12-17)19(26)14-28-13-16-6-2-8-18(22)11-16/h2-3,5-6,8-9,11,17H,4,7,10,12-14H2,1H3,(H,23,24,27). The van der Waals surface area contributed by atoms with Crippen LogP contribution in [-0.4, -0.2) is 40.5 Å². The summed E-state index contributed by atoms with van der Waals surface area (Å²) < 4.78 is 0. The van der Waals surface area contributed by atoms with Crippen LogP contribution in [0.3, 0.4) is 0 Å². The van der Waals surface area contributed by atoms with Crippen LogP contribution in [0.2, 0.25) is 5.02 Å². The molecule has 1 aromatic carbocycles. The van der Waals surface area contributed by atoms with Gasteiger partial charge in [0.05, 0.1) is 11.7 Å². The molecule has 148 valence electrons. The van der Waals surface area contributed by atoms with Gasteiger partial charge in [-0.05, 0) is 49.1 Å². The van der Waals surface area contributed by atoms with E-state index in [2.05, 4.69) is 10.3 Å². The maximum atomic E-state index is 12.6. The van der Waals surface area contributed by atoms with Crippen LogP contribution in [0.15, 0.2) is 42.6 Å². The lowest BCUT2D eigenvalue weighted by Crippen LogP contribution is -2.44. The number of hydrogen-bond donors (Lipinski definition) is 1. The smallest absolute Gasteiger partial charge is 0.232 e. The highest BCUT2D eigenvalue weighted by Crippen LogP contribution is 2.21. The van der Waals surface area contributed by atoms with Crippen molar-refractivity contribution in [1.82, 2.24) is 9.88 Å². The first-order valence-corrected chi connectivity index (χ1v) is 10.9. The second-order valence-corrected chi connectivity index (χ2v) is 8.38. The Kier molecular flexibility index (Phi) is 7.34. The number of carbonyl (C=O) groups excluding carboxylic acids is 2. The van der Waals surface area contributed by atoms with Crippen molar-refractivity contribution < 1.29 is 9.59 Å². The number of thioether (sulfide) groups is 1. The number of pyridine rings is 1. The molecule has 0 bridgehead atoms. The van der Waals surface area contributed by atoms with Gasteiger partial charge < -0.3 is 10.2 Å². The number of piperidine rings is 1. The van der Waals surface area contributed by atoms with E-state index in [1.807, 2.05) is 48.2 Å². The molecule has 1 atom stereocenters. The molecule has 0 spiro atoms. The van der Waals surface area contributed by atoms with Gasteiger partial charge in [0, 0.05) is 30.1 Å². The minimum atomic E-state index is -0.197. The summed E-state index contributed by atoms with van der Waals surface area (Å²) in [5.41, 5.74) is 2.03. The molecule has 0 saturated carbocycles. The average molecular weight is 418 g/mol. The minimum absolute atomic E-state index is 0.0640. The molecule has 1 unspecified atom stereocenters. The molecule has 5 nitrogen and oxygen atoms in total. The van der Waals surface area contributed by atoms with Crippen molar-refractivity contribution >= 4 is 41.0 Å². The quantitative estimate of drug-likeness (QED) is 0.766. The Bertz CT molecular complexity index is 846. The molecule has 1 saturated heterocycles. The number of rotatable bonds is 6. The third-order valence-electron chi connectivity index (χ3n) is 4.78. The maximum Gasteiger partial charge on any atom is 0.232 e. The van der Waals surface area contributed by atoms with Crippen molar-refractivity contribution in [2.75, 3.05) is 24.2 Å². The van der Waals surface area contributed by atoms with Crippen LogP contribution in [-0.2, 0) is 15.3 Å². The lowest BCUT2D eigenvalue weighted by atomic mass is 9.97. The van der Waals surface area contributed by atoms with Gasteiger partial charge in [-0.15, -0.1) is 11.8 Å². The van der Waals surface area contributed by atoms with E-state index in [0.29, 0.717) is 29.7 Å². The Morgan fingerprint density at radius 3 is 2.96 bits per heavy atom. The van der Waals surface area contributed by atoms with Crippen LogP contribution in [0.1, 0.15) is 24.0 Å². The third-order valence-corrected chi connectivity index (χ3v) is 6.00. The number of hydrogen-bond acceptors (Lipinski definition) is 4. The zero-order valence-electron chi connectivity index (χ0n) is 15.9. The first-order chi connectivity index (χ1) is 13.5. The number of likely N-dealkylation sites (tertiary alicyclic amines) is 1. The highest BCUT2D eigenvalue weighted by molar-refractivity contribution is 7.99. The summed E-state index contributed by atoms with van der Waals surface area (Å²) in [6, 6.07) is 11.4. The first kappa shape index (κ1) is 20.7. The fourth-order valence-electron chi connectivity index (χ4n) is 3.23. The molecule has 1 aromatic heterocycles.